The van der Waals surface area contributed by atoms with E-state index in [9.17, 15) is 9.59 Å². The Morgan fingerprint density at radius 1 is 1.23 bits per heavy atom. The summed E-state index contributed by atoms with van der Waals surface area (Å²) in [7, 11) is 0. The zero-order valence-electron chi connectivity index (χ0n) is 14.1. The molecule has 4 rings (SSSR count). The maximum absolute atomic E-state index is 12.0. The summed E-state index contributed by atoms with van der Waals surface area (Å²) in [6, 6.07) is 5.95. The molecule has 134 valence electrons. The molecule has 4 N–H and O–H groups in total. The van der Waals surface area contributed by atoms with Gasteiger partial charge in [0.1, 0.15) is 0 Å². The zero-order valence-corrected chi connectivity index (χ0v) is 14.9. The smallest absolute Gasteiger partial charge is 0.407 e. The Morgan fingerprint density at radius 2 is 2.00 bits per heavy atom. The number of benzene rings is 1. The first-order valence-corrected chi connectivity index (χ1v) is 9.44. The Hall–Kier alpha value is -2.80. The molecule has 6 nitrogen and oxygen atoms in total. The van der Waals surface area contributed by atoms with Crippen molar-refractivity contribution in [3.8, 4) is 11.1 Å². The Morgan fingerprint density at radius 3 is 2.62 bits per heavy atom. The van der Waals surface area contributed by atoms with E-state index >= 15 is 0 Å². The number of nitrogens with one attached hydrogen (secondary N) is 1. The van der Waals surface area contributed by atoms with E-state index < -0.39 is 12.0 Å². The number of carbonyl (C=O) groups excluding carboxylic acids is 1. The van der Waals surface area contributed by atoms with Crippen molar-refractivity contribution in [1.82, 2.24) is 9.88 Å². The van der Waals surface area contributed by atoms with Crippen molar-refractivity contribution in [3.63, 3.8) is 0 Å². The fraction of sp³-hybridized carbons (Fsp3) is 0.263. The molecule has 0 radical (unpaired) electrons. The molecular weight excluding hydrogens is 350 g/mol. The summed E-state index contributed by atoms with van der Waals surface area (Å²) in [5, 5.41) is 14.2. The molecule has 2 aromatic heterocycles. The Kier molecular flexibility index (Phi) is 4.16. The van der Waals surface area contributed by atoms with Gasteiger partial charge >= 0.3 is 6.09 Å². The van der Waals surface area contributed by atoms with Crippen LogP contribution < -0.4 is 5.73 Å². The zero-order chi connectivity index (χ0) is 18.3. The highest BCUT2D eigenvalue weighted by Crippen LogP contribution is 2.37. The Labute approximate surface area is 154 Å². The third-order valence-corrected chi connectivity index (χ3v) is 5.83. The number of piperidine rings is 1. The monoisotopic (exact) mass is 369 g/mol. The van der Waals surface area contributed by atoms with Crippen molar-refractivity contribution in [2.24, 2.45) is 5.73 Å². The van der Waals surface area contributed by atoms with Crippen molar-refractivity contribution in [2.45, 2.75) is 18.8 Å². The van der Waals surface area contributed by atoms with Gasteiger partial charge in [-0.2, -0.15) is 11.3 Å². The topological polar surface area (TPSA) is 99.4 Å². The summed E-state index contributed by atoms with van der Waals surface area (Å²) >= 11 is 1.61. The van der Waals surface area contributed by atoms with Crippen molar-refractivity contribution in [2.75, 3.05) is 13.1 Å². The highest BCUT2D eigenvalue weighted by atomic mass is 32.1. The lowest BCUT2D eigenvalue weighted by Crippen LogP contribution is -2.36. The number of fused-ring (bicyclic) bond motifs is 1. The number of likely N-dealkylation sites (tertiary alicyclic amines) is 1. The van der Waals surface area contributed by atoms with Gasteiger partial charge in [0.05, 0.1) is 11.1 Å². The van der Waals surface area contributed by atoms with Gasteiger partial charge in [-0.05, 0) is 64.4 Å². The molecule has 1 saturated heterocycles. The van der Waals surface area contributed by atoms with E-state index in [4.69, 9.17) is 10.8 Å². The number of hydrogen-bond donors (Lipinski definition) is 3. The first kappa shape index (κ1) is 16.7. The summed E-state index contributed by atoms with van der Waals surface area (Å²) in [5.74, 6) is -0.195. The second-order valence-corrected chi connectivity index (χ2v) is 7.39. The lowest BCUT2D eigenvalue weighted by atomic mass is 9.88. The van der Waals surface area contributed by atoms with Crippen molar-refractivity contribution >= 4 is 34.2 Å². The van der Waals surface area contributed by atoms with Crippen LogP contribution in [0.5, 0.6) is 0 Å². The molecule has 0 unspecified atom stereocenters. The van der Waals surface area contributed by atoms with Gasteiger partial charge in [-0.15, -0.1) is 0 Å². The number of carboxylic acid groups (broad SMARTS) is 1. The standard InChI is InChI=1S/C19H19N3O3S/c20-18(23)15-8-13(12-3-6-26-10-12)7-14-16(9-21-17(14)15)11-1-4-22(5-2-11)19(24)25/h3,6-11,21H,1-2,4-5H2,(H2,20,23)(H,24,25). The summed E-state index contributed by atoms with van der Waals surface area (Å²) in [6.45, 7) is 1.05. The van der Waals surface area contributed by atoms with Crippen LogP contribution in [0.3, 0.4) is 0 Å². The fourth-order valence-electron chi connectivity index (χ4n) is 3.76. The largest absolute Gasteiger partial charge is 0.465 e. The molecule has 1 fully saturated rings. The number of amides is 2. The van der Waals surface area contributed by atoms with Gasteiger partial charge in [0.25, 0.3) is 5.91 Å². The third kappa shape index (κ3) is 2.84. The van der Waals surface area contributed by atoms with Gasteiger partial charge in [0.2, 0.25) is 0 Å². The number of hydrogen-bond acceptors (Lipinski definition) is 3. The Balaban J connectivity index is 1.77. The van der Waals surface area contributed by atoms with Crippen molar-refractivity contribution in [3.05, 3.63) is 46.3 Å². The lowest BCUT2D eigenvalue weighted by Gasteiger charge is -2.29. The van der Waals surface area contributed by atoms with Gasteiger partial charge in [-0.1, -0.05) is 0 Å². The number of nitrogens with zero attached hydrogens (tertiary/aromatic N) is 1. The predicted octanol–water partition coefficient (Wildman–Crippen LogP) is 3.85. The molecule has 1 aliphatic rings. The van der Waals surface area contributed by atoms with E-state index in [0.717, 1.165) is 40.4 Å². The number of carbonyl (C=O) groups is 2. The van der Waals surface area contributed by atoms with Gasteiger partial charge in [-0.3, -0.25) is 4.79 Å². The molecule has 2 amide bonds. The van der Waals surface area contributed by atoms with Crippen LogP contribution in [0.25, 0.3) is 22.0 Å². The summed E-state index contributed by atoms with van der Waals surface area (Å²) in [4.78, 5) is 27.8. The van der Waals surface area contributed by atoms with E-state index in [-0.39, 0.29) is 5.92 Å². The number of primary amides is 1. The first-order valence-electron chi connectivity index (χ1n) is 8.50. The average molecular weight is 369 g/mol. The Bertz CT molecular complexity index is 969. The molecule has 26 heavy (non-hydrogen) atoms. The van der Waals surface area contributed by atoms with Crippen LogP contribution in [-0.2, 0) is 0 Å². The van der Waals surface area contributed by atoms with E-state index in [1.165, 1.54) is 4.90 Å². The highest BCUT2D eigenvalue weighted by molar-refractivity contribution is 7.08. The van der Waals surface area contributed by atoms with Crippen LogP contribution in [-0.4, -0.2) is 40.1 Å². The lowest BCUT2D eigenvalue weighted by molar-refractivity contribution is 0.100. The number of aromatic amines is 1. The number of aromatic nitrogens is 1. The van der Waals surface area contributed by atoms with Gasteiger partial charge in [-0.25, -0.2) is 4.79 Å². The number of H-pyrrole nitrogens is 1. The maximum atomic E-state index is 12.0. The minimum Gasteiger partial charge on any atom is -0.465 e. The summed E-state index contributed by atoms with van der Waals surface area (Å²) in [5.41, 5.74) is 10.0. The maximum Gasteiger partial charge on any atom is 0.407 e. The van der Waals surface area contributed by atoms with Gasteiger partial charge < -0.3 is 20.7 Å². The number of thiophene rings is 1. The van der Waals surface area contributed by atoms with E-state index in [0.29, 0.717) is 18.7 Å². The van der Waals surface area contributed by atoms with Gasteiger partial charge in [0.15, 0.2) is 0 Å². The summed E-state index contributed by atoms with van der Waals surface area (Å²) < 4.78 is 0. The van der Waals surface area contributed by atoms with E-state index in [2.05, 4.69) is 11.1 Å². The van der Waals surface area contributed by atoms with Crippen molar-refractivity contribution < 1.29 is 14.7 Å². The molecule has 7 heteroatoms. The van der Waals surface area contributed by atoms with Crippen LogP contribution in [0.2, 0.25) is 0 Å². The third-order valence-electron chi connectivity index (χ3n) is 5.15. The van der Waals surface area contributed by atoms with Crippen LogP contribution in [0, 0.1) is 0 Å². The van der Waals surface area contributed by atoms with E-state index in [1.807, 2.05) is 29.1 Å². The van der Waals surface area contributed by atoms with Crippen LogP contribution >= 0.6 is 11.3 Å². The first-order chi connectivity index (χ1) is 12.5. The van der Waals surface area contributed by atoms with Crippen LogP contribution in [0.1, 0.15) is 34.7 Å². The van der Waals surface area contributed by atoms with Crippen molar-refractivity contribution in [1.29, 1.82) is 0 Å². The molecule has 1 aromatic carbocycles. The normalized spacial score (nSPS) is 15.5. The molecule has 0 bridgehead atoms. The quantitative estimate of drug-likeness (QED) is 0.654. The SMILES string of the molecule is NC(=O)c1cc(-c2ccsc2)cc2c(C3CCN(C(=O)O)CC3)c[nH]c12. The predicted molar refractivity (Wildman–Crippen MR) is 102 cm³/mol. The second kappa shape index (κ2) is 6.49. The minimum absolute atomic E-state index is 0.262. The van der Waals surface area contributed by atoms with Crippen LogP contribution in [0.15, 0.2) is 35.2 Å². The molecule has 0 saturated carbocycles. The molecular formula is C19H19N3O3S. The number of nitrogens with two attached hydrogens (primary N) is 1. The molecule has 1 aliphatic heterocycles. The van der Waals surface area contributed by atoms with Crippen LogP contribution in [0.4, 0.5) is 4.79 Å². The molecule has 0 atom stereocenters. The minimum atomic E-state index is -0.863. The molecule has 0 aliphatic carbocycles. The molecule has 3 aromatic rings. The molecule has 3 heterocycles. The second-order valence-electron chi connectivity index (χ2n) is 6.61. The fourth-order valence-corrected chi connectivity index (χ4v) is 4.43. The summed E-state index contributed by atoms with van der Waals surface area (Å²) in [6.07, 6.45) is 2.62. The molecule has 0 spiro atoms. The highest BCUT2D eigenvalue weighted by Gasteiger charge is 2.26. The van der Waals surface area contributed by atoms with E-state index in [1.54, 1.807) is 11.3 Å². The average Bonchev–Trinajstić information content (AvgIpc) is 3.30. The van der Waals surface area contributed by atoms with Gasteiger partial charge in [0, 0.05) is 24.7 Å². The number of rotatable bonds is 3.